The van der Waals surface area contributed by atoms with Crippen LogP contribution in [0.4, 0.5) is 0 Å². The molecule has 4 heteroatoms. The lowest BCUT2D eigenvalue weighted by molar-refractivity contribution is 0.0689. The van der Waals surface area contributed by atoms with Crippen LogP contribution in [0.2, 0.25) is 0 Å². The van der Waals surface area contributed by atoms with Gasteiger partial charge < -0.3 is 5.11 Å². The molecule has 0 amide bonds. The molecule has 14 heavy (non-hydrogen) atoms. The van der Waals surface area contributed by atoms with Crippen molar-refractivity contribution in [1.29, 1.82) is 0 Å². The Bertz CT molecular complexity index is 327. The van der Waals surface area contributed by atoms with E-state index in [-0.39, 0.29) is 5.69 Å². The Balaban J connectivity index is 2.11. The maximum Gasteiger partial charge on any atom is 0.356 e. The van der Waals surface area contributed by atoms with Crippen molar-refractivity contribution in [3.63, 3.8) is 0 Å². The van der Waals surface area contributed by atoms with Crippen LogP contribution >= 0.6 is 0 Å². The Labute approximate surface area is 82.5 Å². The summed E-state index contributed by atoms with van der Waals surface area (Å²) in [5, 5.41) is 12.8. The molecule has 1 aromatic heterocycles. The number of carbonyl (C=O) groups is 1. The molecule has 1 aliphatic carbocycles. The van der Waals surface area contributed by atoms with Gasteiger partial charge in [0.05, 0.1) is 6.04 Å². The Morgan fingerprint density at radius 2 is 2.14 bits per heavy atom. The number of hydrogen-bond acceptors (Lipinski definition) is 2. The summed E-state index contributed by atoms with van der Waals surface area (Å²) in [7, 11) is 0. The fraction of sp³-hybridized carbons (Fsp3) is 0.600. The molecule has 0 saturated heterocycles. The van der Waals surface area contributed by atoms with Gasteiger partial charge in [-0.05, 0) is 18.9 Å². The van der Waals surface area contributed by atoms with Crippen LogP contribution in [0.3, 0.4) is 0 Å². The second-order valence-corrected chi connectivity index (χ2v) is 3.78. The molecule has 4 nitrogen and oxygen atoms in total. The van der Waals surface area contributed by atoms with Crippen molar-refractivity contribution in [3.05, 3.63) is 18.0 Å². The summed E-state index contributed by atoms with van der Waals surface area (Å²) in [4.78, 5) is 10.6. The highest BCUT2D eigenvalue weighted by atomic mass is 16.4. The number of carboxylic acid groups (broad SMARTS) is 1. The predicted octanol–water partition coefficient (Wildman–Crippen LogP) is 2.09. The van der Waals surface area contributed by atoms with Crippen molar-refractivity contribution in [3.8, 4) is 0 Å². The van der Waals surface area contributed by atoms with E-state index in [4.69, 9.17) is 5.11 Å². The average molecular weight is 194 g/mol. The molecule has 0 aliphatic heterocycles. The summed E-state index contributed by atoms with van der Waals surface area (Å²) < 4.78 is 1.81. The topological polar surface area (TPSA) is 55.1 Å². The summed E-state index contributed by atoms with van der Waals surface area (Å²) in [5.41, 5.74) is 0.149. The minimum Gasteiger partial charge on any atom is -0.476 e. The molecule has 1 aliphatic rings. The second kappa shape index (κ2) is 3.82. The molecule has 76 valence electrons. The van der Waals surface area contributed by atoms with E-state index in [1.807, 2.05) is 4.68 Å². The number of aromatic nitrogens is 2. The van der Waals surface area contributed by atoms with Crippen molar-refractivity contribution in [1.82, 2.24) is 9.78 Å². The van der Waals surface area contributed by atoms with Gasteiger partial charge in [0.15, 0.2) is 5.69 Å². The molecule has 0 unspecified atom stereocenters. The quantitative estimate of drug-likeness (QED) is 0.784. The summed E-state index contributed by atoms with van der Waals surface area (Å²) in [6.45, 7) is 0. The van der Waals surface area contributed by atoms with Crippen LogP contribution in [0.15, 0.2) is 12.3 Å². The smallest absolute Gasteiger partial charge is 0.356 e. The number of rotatable bonds is 2. The van der Waals surface area contributed by atoms with Crippen LogP contribution in [0, 0.1) is 0 Å². The van der Waals surface area contributed by atoms with Crippen LogP contribution in [0.25, 0.3) is 0 Å². The zero-order valence-electron chi connectivity index (χ0n) is 8.02. The molecule has 1 aromatic rings. The Kier molecular flexibility index (Phi) is 2.52. The standard InChI is InChI=1S/C10H14N2O2/c13-10(14)9-6-7-12(11-9)8-4-2-1-3-5-8/h6-8H,1-5H2,(H,13,14). The summed E-state index contributed by atoms with van der Waals surface area (Å²) in [5.74, 6) is -0.945. The highest BCUT2D eigenvalue weighted by Crippen LogP contribution is 2.27. The number of hydrogen-bond donors (Lipinski definition) is 1. The molecule has 1 fully saturated rings. The maximum absolute atomic E-state index is 10.6. The number of carboxylic acids is 1. The fourth-order valence-electron chi connectivity index (χ4n) is 2.00. The minimum absolute atomic E-state index is 0.149. The van der Waals surface area contributed by atoms with E-state index in [1.165, 1.54) is 19.3 Å². The first-order chi connectivity index (χ1) is 6.77. The van der Waals surface area contributed by atoms with Crippen LogP contribution < -0.4 is 0 Å². The van der Waals surface area contributed by atoms with Crippen molar-refractivity contribution in [2.75, 3.05) is 0 Å². The highest BCUT2D eigenvalue weighted by molar-refractivity contribution is 5.85. The Morgan fingerprint density at radius 1 is 1.43 bits per heavy atom. The van der Waals surface area contributed by atoms with Gasteiger partial charge in [0, 0.05) is 6.20 Å². The first kappa shape index (κ1) is 9.24. The molecule has 0 bridgehead atoms. The first-order valence-electron chi connectivity index (χ1n) is 5.06. The van der Waals surface area contributed by atoms with Crippen molar-refractivity contribution in [2.45, 2.75) is 38.1 Å². The molecule has 1 saturated carbocycles. The minimum atomic E-state index is -0.945. The zero-order chi connectivity index (χ0) is 9.97. The van der Waals surface area contributed by atoms with Gasteiger partial charge in [-0.15, -0.1) is 0 Å². The fourth-order valence-corrected chi connectivity index (χ4v) is 2.00. The molecular formula is C10H14N2O2. The first-order valence-corrected chi connectivity index (χ1v) is 5.06. The van der Waals surface area contributed by atoms with E-state index in [0.29, 0.717) is 6.04 Å². The molecule has 0 spiro atoms. The van der Waals surface area contributed by atoms with E-state index in [0.717, 1.165) is 12.8 Å². The monoisotopic (exact) mass is 194 g/mol. The van der Waals surface area contributed by atoms with Gasteiger partial charge in [-0.2, -0.15) is 5.10 Å². The number of aromatic carboxylic acids is 1. The molecule has 1 N–H and O–H groups in total. The highest BCUT2D eigenvalue weighted by Gasteiger charge is 2.17. The molecule has 0 radical (unpaired) electrons. The predicted molar refractivity (Wildman–Crippen MR) is 51.3 cm³/mol. The van der Waals surface area contributed by atoms with Gasteiger partial charge in [0.25, 0.3) is 0 Å². The lowest BCUT2D eigenvalue weighted by atomic mass is 9.96. The van der Waals surface area contributed by atoms with E-state index in [2.05, 4.69) is 5.10 Å². The molecule has 0 atom stereocenters. The SMILES string of the molecule is O=C(O)c1ccn(C2CCCCC2)n1. The average Bonchev–Trinajstić information content (AvgIpc) is 2.68. The van der Waals surface area contributed by atoms with Gasteiger partial charge in [-0.3, -0.25) is 4.68 Å². The van der Waals surface area contributed by atoms with Gasteiger partial charge in [0.1, 0.15) is 0 Å². The maximum atomic E-state index is 10.6. The summed E-state index contributed by atoms with van der Waals surface area (Å²) in [6.07, 6.45) is 7.78. The van der Waals surface area contributed by atoms with E-state index < -0.39 is 5.97 Å². The Morgan fingerprint density at radius 3 is 2.71 bits per heavy atom. The Hall–Kier alpha value is -1.32. The lowest BCUT2D eigenvalue weighted by Crippen LogP contribution is -2.14. The van der Waals surface area contributed by atoms with Crippen molar-refractivity contribution >= 4 is 5.97 Å². The van der Waals surface area contributed by atoms with E-state index >= 15 is 0 Å². The van der Waals surface area contributed by atoms with Crippen LogP contribution in [0.1, 0.15) is 48.6 Å². The number of nitrogens with zero attached hydrogens (tertiary/aromatic N) is 2. The third-order valence-corrected chi connectivity index (χ3v) is 2.78. The lowest BCUT2D eigenvalue weighted by Gasteiger charge is -2.21. The van der Waals surface area contributed by atoms with E-state index in [1.54, 1.807) is 12.3 Å². The van der Waals surface area contributed by atoms with Gasteiger partial charge in [-0.25, -0.2) is 4.79 Å². The van der Waals surface area contributed by atoms with Gasteiger partial charge in [-0.1, -0.05) is 19.3 Å². The van der Waals surface area contributed by atoms with Gasteiger partial charge in [0.2, 0.25) is 0 Å². The van der Waals surface area contributed by atoms with Crippen molar-refractivity contribution < 1.29 is 9.90 Å². The van der Waals surface area contributed by atoms with Crippen LogP contribution in [-0.2, 0) is 0 Å². The largest absolute Gasteiger partial charge is 0.476 e. The van der Waals surface area contributed by atoms with Crippen LogP contribution in [0.5, 0.6) is 0 Å². The van der Waals surface area contributed by atoms with E-state index in [9.17, 15) is 4.79 Å². The third-order valence-electron chi connectivity index (χ3n) is 2.78. The molecular weight excluding hydrogens is 180 g/mol. The van der Waals surface area contributed by atoms with Crippen LogP contribution in [-0.4, -0.2) is 20.9 Å². The molecule has 1 heterocycles. The summed E-state index contributed by atoms with van der Waals surface area (Å²) in [6, 6.07) is 1.98. The van der Waals surface area contributed by atoms with Crippen molar-refractivity contribution in [2.24, 2.45) is 0 Å². The normalized spacial score (nSPS) is 18.3. The van der Waals surface area contributed by atoms with Gasteiger partial charge >= 0.3 is 5.97 Å². The summed E-state index contributed by atoms with van der Waals surface area (Å²) >= 11 is 0. The molecule has 0 aromatic carbocycles. The molecule has 2 rings (SSSR count). The zero-order valence-corrected chi connectivity index (χ0v) is 8.02. The second-order valence-electron chi connectivity index (χ2n) is 3.78. The third kappa shape index (κ3) is 1.78.